The summed E-state index contributed by atoms with van der Waals surface area (Å²) in [5.74, 6) is -12.2. The Morgan fingerprint density at radius 1 is 0.333 bits per heavy atom. The van der Waals surface area contributed by atoms with Crippen molar-refractivity contribution in [2.45, 2.75) is 35.5 Å². The number of hydrogen-bond acceptors (Lipinski definition) is 12. The monoisotopic (exact) mass is 510 g/mol. The van der Waals surface area contributed by atoms with Gasteiger partial charge in [-0.1, -0.05) is 0 Å². The maximum atomic E-state index is 12.2. The molecule has 7 heterocycles. The van der Waals surface area contributed by atoms with E-state index >= 15 is 0 Å². The van der Waals surface area contributed by atoms with Crippen LogP contribution in [0.25, 0.3) is 0 Å². The summed E-state index contributed by atoms with van der Waals surface area (Å²) in [6.45, 7) is -2.48. The number of carbonyl (C=O) groups is 6. The third-order valence-corrected chi connectivity index (χ3v) is 7.52. The van der Waals surface area contributed by atoms with E-state index in [0.717, 1.165) is 29.4 Å². The predicted octanol–water partition coefficient (Wildman–Crippen LogP) is -5.15. The van der Waals surface area contributed by atoms with E-state index in [1.54, 1.807) is 0 Å². The fourth-order valence-electron chi connectivity index (χ4n) is 5.98. The van der Waals surface area contributed by atoms with E-state index in [9.17, 15) is 28.8 Å². The smallest absolute Gasteiger partial charge is 0.280 e. The van der Waals surface area contributed by atoms with Gasteiger partial charge in [-0.15, -0.1) is 0 Å². The molecule has 6 spiro atoms. The fraction of sp³-hybridized carbons (Fsp3) is 0.667. The maximum absolute atomic E-state index is 12.2. The molecule has 7 saturated heterocycles. The minimum absolute atomic E-state index is 0.376. The summed E-state index contributed by atoms with van der Waals surface area (Å²) in [7, 11) is 0. The van der Waals surface area contributed by atoms with E-state index in [0.29, 0.717) is 38.5 Å². The molecule has 192 valence electrons. The van der Waals surface area contributed by atoms with Gasteiger partial charge in [-0.3, -0.25) is 86.6 Å². The highest BCUT2D eigenvalue weighted by Crippen LogP contribution is 2.58. The van der Waals surface area contributed by atoms with Gasteiger partial charge in [-0.05, 0) is 0 Å². The number of nitrogens with zero attached hydrogens (tertiary/aromatic N) is 6. The Balaban J connectivity index is 1.47. The molecule has 0 saturated carbocycles. The molecule has 7 aliphatic heterocycles. The third kappa shape index (κ3) is 2.19. The van der Waals surface area contributed by atoms with Gasteiger partial charge in [-0.2, -0.15) is 0 Å². The molecule has 0 N–H and O–H groups in total. The molecule has 0 aromatic carbocycles. The molecule has 0 aromatic heterocycles. The van der Waals surface area contributed by atoms with Crippen LogP contribution in [0.1, 0.15) is 0 Å². The van der Waals surface area contributed by atoms with Crippen molar-refractivity contribution in [3.63, 3.8) is 0 Å². The normalized spacial score (nSPS) is 47.7. The van der Waals surface area contributed by atoms with Crippen molar-refractivity contribution < 1.29 is 57.2 Å². The van der Waals surface area contributed by atoms with Crippen LogP contribution in [0, 0.1) is 0 Å². The average Bonchev–Trinajstić information content (AvgIpc) is 3.65. The first-order valence-electron chi connectivity index (χ1n) is 10.8. The fourth-order valence-corrected chi connectivity index (χ4v) is 5.98. The van der Waals surface area contributed by atoms with Crippen molar-refractivity contribution >= 4 is 38.5 Å². The Bertz CT molecular complexity index is 873. The van der Waals surface area contributed by atoms with E-state index in [-0.39, 0.29) is 0 Å². The van der Waals surface area contributed by atoms with Crippen molar-refractivity contribution in [2.24, 2.45) is 0 Å². The zero-order chi connectivity index (χ0) is 25.2. The molecule has 6 amide bonds. The Labute approximate surface area is 200 Å². The second kappa shape index (κ2) is 6.28. The number of hydrogen-bond donors (Lipinski definition) is 0. The Kier molecular flexibility index (Phi) is 3.81. The summed E-state index contributed by atoms with van der Waals surface area (Å²) in [5, 5.41) is 0. The van der Waals surface area contributed by atoms with Crippen LogP contribution in [0.5, 0.6) is 0 Å². The first-order chi connectivity index (χ1) is 17.2. The Morgan fingerprint density at radius 2 is 0.472 bits per heavy atom. The summed E-state index contributed by atoms with van der Waals surface area (Å²) in [5.41, 5.74) is 0. The van der Waals surface area contributed by atoms with Gasteiger partial charge >= 0.3 is 0 Å². The van der Waals surface area contributed by atoms with Crippen LogP contribution in [0.4, 0.5) is 0 Å². The first-order valence-corrected chi connectivity index (χ1v) is 10.8. The molecule has 6 bridgehead atoms. The summed E-state index contributed by atoms with van der Waals surface area (Å²) in [6.07, 6.45) is 2.26. The van der Waals surface area contributed by atoms with Crippen molar-refractivity contribution in [1.82, 2.24) is 29.4 Å². The lowest BCUT2D eigenvalue weighted by molar-refractivity contribution is -0.450. The van der Waals surface area contributed by atoms with Gasteiger partial charge < -0.3 is 0 Å². The molecule has 0 atom stereocenters. The Hall–Kier alpha value is -3.42. The van der Waals surface area contributed by atoms with Crippen molar-refractivity contribution in [2.75, 3.05) is 39.3 Å². The van der Waals surface area contributed by atoms with Crippen molar-refractivity contribution in [3.8, 4) is 0 Å². The second-order valence-corrected chi connectivity index (χ2v) is 9.29. The molecule has 0 aliphatic carbocycles. The molecule has 0 aromatic rings. The van der Waals surface area contributed by atoms with Gasteiger partial charge in [0.05, 0.1) is 0 Å². The van der Waals surface area contributed by atoms with Crippen LogP contribution in [0.2, 0.25) is 0 Å². The highest BCUT2D eigenvalue weighted by molar-refractivity contribution is 5.58. The van der Waals surface area contributed by atoms with E-state index in [1.807, 2.05) is 0 Å². The zero-order valence-corrected chi connectivity index (χ0v) is 18.3. The molecule has 36 heavy (non-hydrogen) atoms. The van der Waals surface area contributed by atoms with Crippen LogP contribution < -0.4 is 0 Å². The van der Waals surface area contributed by atoms with Gasteiger partial charge in [0.25, 0.3) is 35.5 Å². The lowest BCUT2D eigenvalue weighted by Gasteiger charge is -2.35. The van der Waals surface area contributed by atoms with Crippen LogP contribution in [0.3, 0.4) is 0 Å². The third-order valence-electron chi connectivity index (χ3n) is 7.52. The highest BCUT2D eigenvalue weighted by atomic mass is 17.0. The van der Waals surface area contributed by atoms with Crippen LogP contribution in [-0.4, -0.2) is 143 Å². The van der Waals surface area contributed by atoms with Gasteiger partial charge in [-0.25, -0.2) is 0 Å². The molecule has 7 fully saturated rings. The van der Waals surface area contributed by atoms with Crippen molar-refractivity contribution in [3.05, 3.63) is 0 Å². The van der Waals surface area contributed by atoms with Gasteiger partial charge in [0.2, 0.25) is 38.5 Å². The highest BCUT2D eigenvalue weighted by Gasteiger charge is 2.81. The van der Waals surface area contributed by atoms with Crippen LogP contribution in [-0.2, 0) is 57.2 Å². The average molecular weight is 510 g/mol. The minimum atomic E-state index is -2.03. The number of ether oxygens (including phenoxy) is 6. The standard InChI is InChI=1S/C18H18N6O12/c25-7-19-1-13-20(8-26)3-15(32-13)22(10-28)5-17(34-15)24(12-30)6-18(36-17)23(11-29)4-16(35-18)21(9-27)2-14(19,31-13)33-16/h7-12H,1-6H2. The van der Waals surface area contributed by atoms with Gasteiger partial charge in [0, 0.05) is 0 Å². The number of rotatable bonds is 6. The quantitative estimate of drug-likeness (QED) is 0.311. The van der Waals surface area contributed by atoms with Crippen molar-refractivity contribution in [1.29, 1.82) is 0 Å². The first kappa shape index (κ1) is 21.8. The lowest BCUT2D eigenvalue weighted by Crippen LogP contribution is -2.52. The van der Waals surface area contributed by atoms with Gasteiger partial charge in [0.15, 0.2) is 0 Å². The molecular formula is C18H18N6O12. The van der Waals surface area contributed by atoms with Crippen LogP contribution >= 0.6 is 0 Å². The van der Waals surface area contributed by atoms with E-state index in [2.05, 4.69) is 0 Å². The Morgan fingerprint density at radius 3 is 0.583 bits per heavy atom. The van der Waals surface area contributed by atoms with E-state index < -0.39 is 74.7 Å². The minimum Gasteiger partial charge on any atom is -0.284 e. The van der Waals surface area contributed by atoms with Gasteiger partial charge in [0.1, 0.15) is 39.3 Å². The molecule has 0 unspecified atom stereocenters. The molecule has 7 aliphatic rings. The van der Waals surface area contributed by atoms with E-state index in [4.69, 9.17) is 28.4 Å². The summed E-state index contributed by atoms with van der Waals surface area (Å²) in [6, 6.07) is 0. The SMILES string of the molecule is O=CN1CC23OC14CN(C=O)C1(CN(C=O)C5(CN(C=O)C6(CN(C=O)C(CN2C=O)(O3)O6)O5)O1)O4. The summed E-state index contributed by atoms with van der Waals surface area (Å²) < 4.78 is 36.8. The number of carbonyl (C=O) groups excluding carboxylic acids is 6. The number of amides is 6. The summed E-state index contributed by atoms with van der Waals surface area (Å²) >= 11 is 0. The lowest BCUT2D eigenvalue weighted by atomic mass is 10.4. The van der Waals surface area contributed by atoms with Crippen LogP contribution in [0.15, 0.2) is 0 Å². The maximum Gasteiger partial charge on any atom is 0.280 e. The molecule has 18 heteroatoms. The largest absolute Gasteiger partial charge is 0.284 e. The predicted molar refractivity (Wildman–Crippen MR) is 99.5 cm³/mol. The second-order valence-electron chi connectivity index (χ2n) is 9.29. The molecule has 18 nitrogen and oxygen atoms in total. The summed E-state index contributed by atoms with van der Waals surface area (Å²) in [4.78, 5) is 79.1. The zero-order valence-electron chi connectivity index (χ0n) is 18.3. The van der Waals surface area contributed by atoms with E-state index in [1.165, 1.54) is 0 Å². The molecular weight excluding hydrogens is 492 g/mol. The molecule has 0 radical (unpaired) electrons. The molecule has 7 rings (SSSR count). The topological polar surface area (TPSA) is 177 Å².